The van der Waals surface area contributed by atoms with Gasteiger partial charge in [-0.05, 0) is 24.5 Å². The Bertz CT molecular complexity index is 736. The van der Waals surface area contributed by atoms with Crippen LogP contribution in [-0.2, 0) is 9.53 Å². The van der Waals surface area contributed by atoms with Crippen LogP contribution < -0.4 is 14.8 Å². The van der Waals surface area contributed by atoms with Crippen LogP contribution in [0.1, 0.15) is 30.6 Å². The molecule has 1 heterocycles. The molecule has 2 amide bonds. The number of piperazine rings is 1. The topological polar surface area (TPSA) is 80.3 Å². The predicted molar refractivity (Wildman–Crippen MR) is 120 cm³/mol. The summed E-state index contributed by atoms with van der Waals surface area (Å²) in [5.41, 5.74) is 0.461. The lowest BCUT2D eigenvalue weighted by Gasteiger charge is -2.34. The highest BCUT2D eigenvalue weighted by atomic mass is 35.5. The first-order valence-corrected chi connectivity index (χ1v) is 11.0. The van der Waals surface area contributed by atoms with Gasteiger partial charge in [-0.1, -0.05) is 25.4 Å². The molecule has 0 saturated carbocycles. The second-order valence-electron chi connectivity index (χ2n) is 7.96. The molecule has 1 saturated heterocycles. The van der Waals surface area contributed by atoms with Crippen LogP contribution in [0.15, 0.2) is 12.1 Å². The van der Waals surface area contributed by atoms with Crippen molar-refractivity contribution in [1.29, 1.82) is 0 Å². The summed E-state index contributed by atoms with van der Waals surface area (Å²) in [6.45, 7) is 8.51. The zero-order chi connectivity index (χ0) is 22.8. The number of carbonyl (C=O) groups excluding carboxylic acids is 2. The number of rotatable bonds is 11. The van der Waals surface area contributed by atoms with E-state index in [9.17, 15) is 9.59 Å². The molecule has 174 valence electrons. The van der Waals surface area contributed by atoms with E-state index >= 15 is 0 Å². The quantitative estimate of drug-likeness (QED) is 0.516. The van der Waals surface area contributed by atoms with Crippen LogP contribution in [0.25, 0.3) is 0 Å². The van der Waals surface area contributed by atoms with Crippen molar-refractivity contribution in [3.63, 3.8) is 0 Å². The summed E-state index contributed by atoms with van der Waals surface area (Å²) in [5.74, 6) is 1.12. The van der Waals surface area contributed by atoms with Crippen LogP contribution >= 0.6 is 11.6 Å². The SMILES string of the molecule is COCCCNC(=O)CN1CCN(C(=O)c2cc(Cl)c(OCC(C)C)c(OC)c2)CC1. The Kier molecular flexibility index (Phi) is 10.4. The molecule has 1 fully saturated rings. The average Bonchev–Trinajstić information content (AvgIpc) is 2.75. The van der Waals surface area contributed by atoms with E-state index in [0.717, 1.165) is 6.42 Å². The minimum absolute atomic E-state index is 0.00983. The van der Waals surface area contributed by atoms with Crippen LogP contribution in [-0.4, -0.2) is 88.3 Å². The molecular formula is C22H34ClN3O5. The lowest BCUT2D eigenvalue weighted by atomic mass is 10.1. The average molecular weight is 456 g/mol. The number of benzene rings is 1. The smallest absolute Gasteiger partial charge is 0.254 e. The Morgan fingerprint density at radius 2 is 1.87 bits per heavy atom. The third-order valence-corrected chi connectivity index (χ3v) is 5.19. The molecule has 1 aliphatic heterocycles. The Hall–Kier alpha value is -2.03. The van der Waals surface area contributed by atoms with Crippen molar-refractivity contribution in [3.8, 4) is 11.5 Å². The highest BCUT2D eigenvalue weighted by Crippen LogP contribution is 2.37. The van der Waals surface area contributed by atoms with E-state index < -0.39 is 0 Å². The summed E-state index contributed by atoms with van der Waals surface area (Å²) in [7, 11) is 3.17. The molecule has 9 heteroatoms. The molecular weight excluding hydrogens is 422 g/mol. The lowest BCUT2D eigenvalue weighted by Crippen LogP contribution is -2.51. The molecule has 31 heavy (non-hydrogen) atoms. The van der Waals surface area contributed by atoms with Gasteiger partial charge in [0.2, 0.25) is 5.91 Å². The normalized spacial score (nSPS) is 14.6. The Labute approximate surface area is 189 Å². The van der Waals surface area contributed by atoms with E-state index in [4.69, 9.17) is 25.8 Å². The summed E-state index contributed by atoms with van der Waals surface area (Å²) in [6.07, 6.45) is 0.790. The maximum absolute atomic E-state index is 13.0. The highest BCUT2D eigenvalue weighted by molar-refractivity contribution is 6.32. The van der Waals surface area contributed by atoms with Gasteiger partial charge in [0.25, 0.3) is 5.91 Å². The number of amides is 2. The van der Waals surface area contributed by atoms with E-state index in [1.807, 2.05) is 18.7 Å². The van der Waals surface area contributed by atoms with Gasteiger partial charge in [-0.15, -0.1) is 0 Å². The molecule has 0 unspecified atom stereocenters. The molecule has 8 nitrogen and oxygen atoms in total. The first-order valence-electron chi connectivity index (χ1n) is 10.6. The number of nitrogens with zero attached hydrogens (tertiary/aromatic N) is 2. The molecule has 0 aromatic heterocycles. The number of nitrogens with one attached hydrogen (secondary N) is 1. The third-order valence-electron chi connectivity index (χ3n) is 4.91. The standard InChI is InChI=1S/C22H34ClN3O5/c1-16(2)15-31-21-18(23)12-17(13-19(21)30-4)22(28)26-9-7-25(8-10-26)14-20(27)24-6-5-11-29-3/h12-13,16H,5-11,14-15H2,1-4H3,(H,24,27). The van der Waals surface area contributed by atoms with Crippen molar-refractivity contribution in [2.75, 3.05) is 66.7 Å². The van der Waals surface area contributed by atoms with Gasteiger partial charge >= 0.3 is 0 Å². The van der Waals surface area contributed by atoms with E-state index in [2.05, 4.69) is 5.32 Å². The van der Waals surface area contributed by atoms with Gasteiger partial charge in [-0.2, -0.15) is 0 Å². The molecule has 1 N–H and O–H groups in total. The maximum atomic E-state index is 13.0. The fraction of sp³-hybridized carbons (Fsp3) is 0.636. The number of carbonyl (C=O) groups is 2. The molecule has 0 atom stereocenters. The van der Waals surface area contributed by atoms with Gasteiger partial charge in [-0.3, -0.25) is 14.5 Å². The molecule has 1 aromatic rings. The van der Waals surface area contributed by atoms with Crippen LogP contribution in [0, 0.1) is 5.92 Å². The van der Waals surface area contributed by atoms with Crippen LogP contribution in [0.4, 0.5) is 0 Å². The number of hydrogen-bond acceptors (Lipinski definition) is 6. The Morgan fingerprint density at radius 3 is 2.48 bits per heavy atom. The fourth-order valence-electron chi connectivity index (χ4n) is 3.23. The van der Waals surface area contributed by atoms with Crippen LogP contribution in [0.2, 0.25) is 5.02 Å². The first-order chi connectivity index (χ1) is 14.8. The Balaban J connectivity index is 1.90. The van der Waals surface area contributed by atoms with E-state index in [1.165, 1.54) is 7.11 Å². The molecule has 0 radical (unpaired) electrons. The molecule has 1 aliphatic rings. The predicted octanol–water partition coefficient (Wildman–Crippen LogP) is 2.29. The summed E-state index contributed by atoms with van der Waals surface area (Å²) >= 11 is 6.39. The summed E-state index contributed by atoms with van der Waals surface area (Å²) in [6, 6.07) is 3.30. The summed E-state index contributed by atoms with van der Waals surface area (Å²) in [4.78, 5) is 28.8. The third kappa shape index (κ3) is 7.87. The molecule has 0 bridgehead atoms. The lowest BCUT2D eigenvalue weighted by molar-refractivity contribution is -0.122. The fourth-order valence-corrected chi connectivity index (χ4v) is 3.49. The molecule has 0 spiro atoms. The van der Waals surface area contributed by atoms with E-state index in [1.54, 1.807) is 24.1 Å². The van der Waals surface area contributed by atoms with Gasteiger partial charge in [0.15, 0.2) is 11.5 Å². The summed E-state index contributed by atoms with van der Waals surface area (Å²) < 4.78 is 16.1. The molecule has 2 rings (SSSR count). The second kappa shape index (κ2) is 12.7. The zero-order valence-electron chi connectivity index (χ0n) is 18.9. The maximum Gasteiger partial charge on any atom is 0.254 e. The van der Waals surface area contributed by atoms with Gasteiger partial charge in [0.1, 0.15) is 0 Å². The minimum Gasteiger partial charge on any atom is -0.493 e. The number of ether oxygens (including phenoxy) is 3. The molecule has 0 aliphatic carbocycles. The van der Waals surface area contributed by atoms with Crippen LogP contribution in [0.5, 0.6) is 11.5 Å². The zero-order valence-corrected chi connectivity index (χ0v) is 19.7. The van der Waals surface area contributed by atoms with Crippen molar-refractivity contribution in [1.82, 2.24) is 15.1 Å². The van der Waals surface area contributed by atoms with Crippen molar-refractivity contribution >= 4 is 23.4 Å². The number of halogens is 1. The monoisotopic (exact) mass is 455 g/mol. The van der Waals surface area contributed by atoms with Gasteiger partial charge in [0, 0.05) is 52.0 Å². The molecule has 1 aromatic carbocycles. The number of methoxy groups -OCH3 is 2. The number of hydrogen-bond donors (Lipinski definition) is 1. The second-order valence-corrected chi connectivity index (χ2v) is 8.37. The van der Waals surface area contributed by atoms with Gasteiger partial charge < -0.3 is 24.4 Å². The van der Waals surface area contributed by atoms with Gasteiger partial charge in [-0.25, -0.2) is 0 Å². The van der Waals surface area contributed by atoms with Crippen molar-refractivity contribution in [3.05, 3.63) is 22.7 Å². The van der Waals surface area contributed by atoms with Crippen LogP contribution in [0.3, 0.4) is 0 Å². The minimum atomic E-state index is -0.112. The largest absolute Gasteiger partial charge is 0.493 e. The van der Waals surface area contributed by atoms with Crippen molar-refractivity contribution in [2.45, 2.75) is 20.3 Å². The van der Waals surface area contributed by atoms with E-state index in [0.29, 0.717) is 80.5 Å². The highest BCUT2D eigenvalue weighted by Gasteiger charge is 2.25. The Morgan fingerprint density at radius 1 is 1.16 bits per heavy atom. The van der Waals surface area contributed by atoms with Crippen molar-refractivity contribution in [2.24, 2.45) is 5.92 Å². The van der Waals surface area contributed by atoms with E-state index in [-0.39, 0.29) is 11.8 Å². The first kappa shape index (κ1) is 25.2. The van der Waals surface area contributed by atoms with Crippen molar-refractivity contribution < 1.29 is 23.8 Å². The van der Waals surface area contributed by atoms with Gasteiger partial charge in [0.05, 0.1) is 25.3 Å². The summed E-state index contributed by atoms with van der Waals surface area (Å²) in [5, 5.41) is 3.24.